The Bertz CT molecular complexity index is 1240. The molecule has 0 aliphatic rings. The van der Waals surface area contributed by atoms with E-state index in [1.54, 1.807) is 7.11 Å². The third-order valence-electron chi connectivity index (χ3n) is 6.25. The average molecular weight is 473 g/mol. The van der Waals surface area contributed by atoms with Gasteiger partial charge in [0.1, 0.15) is 5.75 Å². The fourth-order valence-corrected chi connectivity index (χ4v) is 4.52. The van der Waals surface area contributed by atoms with Crippen LogP contribution in [-0.4, -0.2) is 7.11 Å². The summed E-state index contributed by atoms with van der Waals surface area (Å²) in [4.78, 5) is 0. The molecule has 0 N–H and O–H groups in total. The lowest BCUT2D eigenvalue weighted by molar-refractivity contribution is 0.414. The van der Waals surface area contributed by atoms with E-state index in [0.29, 0.717) is 0 Å². The molecule has 1 atom stereocenters. The predicted molar refractivity (Wildman–Crippen MR) is 155 cm³/mol. The lowest BCUT2D eigenvalue weighted by Gasteiger charge is -2.38. The Labute approximate surface area is 217 Å². The van der Waals surface area contributed by atoms with Crippen LogP contribution in [0.15, 0.2) is 157 Å². The summed E-state index contributed by atoms with van der Waals surface area (Å²) in [5.41, 5.74) is 5.26. The highest BCUT2D eigenvalue weighted by Crippen LogP contribution is 2.47. The Kier molecular flexibility index (Phi) is 10.1. The van der Waals surface area contributed by atoms with Gasteiger partial charge in [0.15, 0.2) is 0 Å². The Hall–Kier alpha value is -4.10. The zero-order valence-corrected chi connectivity index (χ0v) is 21.6. The highest BCUT2D eigenvalue weighted by Gasteiger charge is 2.39. The first-order valence-corrected chi connectivity index (χ1v) is 12.4. The summed E-state index contributed by atoms with van der Waals surface area (Å²) < 4.78 is 5.49. The van der Waals surface area contributed by atoms with Crippen LogP contribution in [0.25, 0.3) is 0 Å². The molecule has 1 unspecified atom stereocenters. The van der Waals surface area contributed by atoms with Crippen LogP contribution < -0.4 is 4.74 Å². The number of hydrogen-bond acceptors (Lipinski definition) is 1. The standard InChI is InChI=1S/C35H36O/c1-5-8-20-30(7-3)35(32-22-14-11-15-23-32,33-25-27-34(36-4)28-26-33)31(21-9-6-2)24-16-19-29-17-12-10-13-18-29/h5-18,20-28H,3,19H2,1-2,4H3/b8-5-,9-6+,24-16-,30-20+,31-21+. The molecule has 0 heterocycles. The maximum absolute atomic E-state index is 5.49. The van der Waals surface area contributed by atoms with E-state index in [9.17, 15) is 0 Å². The van der Waals surface area contributed by atoms with E-state index in [2.05, 4.69) is 122 Å². The average Bonchev–Trinajstić information content (AvgIpc) is 2.94. The molecule has 0 spiro atoms. The molecular weight excluding hydrogens is 436 g/mol. The van der Waals surface area contributed by atoms with Crippen molar-refractivity contribution in [1.29, 1.82) is 0 Å². The highest BCUT2D eigenvalue weighted by atomic mass is 16.5. The minimum atomic E-state index is -0.582. The van der Waals surface area contributed by atoms with E-state index in [1.165, 1.54) is 11.1 Å². The number of benzene rings is 3. The summed E-state index contributed by atoms with van der Waals surface area (Å²) in [7, 11) is 1.70. The van der Waals surface area contributed by atoms with Gasteiger partial charge in [0.05, 0.1) is 12.5 Å². The normalized spacial score (nSPS) is 14.4. The van der Waals surface area contributed by atoms with Gasteiger partial charge in [0.2, 0.25) is 0 Å². The van der Waals surface area contributed by atoms with Crippen molar-refractivity contribution in [2.24, 2.45) is 0 Å². The summed E-state index contributed by atoms with van der Waals surface area (Å²) in [5.74, 6) is 0.830. The SMILES string of the molecule is C=C/C(=C\C=C/C)C(C(/C=C\Cc1ccccc1)=C/C=C/C)(c1ccccc1)c1ccc(OC)cc1. The van der Waals surface area contributed by atoms with Crippen molar-refractivity contribution in [2.75, 3.05) is 7.11 Å². The molecule has 0 fully saturated rings. The highest BCUT2D eigenvalue weighted by molar-refractivity contribution is 5.64. The van der Waals surface area contributed by atoms with E-state index < -0.39 is 5.41 Å². The summed E-state index contributed by atoms with van der Waals surface area (Å²) in [6.07, 6.45) is 20.0. The zero-order valence-electron chi connectivity index (χ0n) is 21.6. The third-order valence-corrected chi connectivity index (χ3v) is 6.25. The molecule has 0 aliphatic heterocycles. The number of ether oxygens (including phenoxy) is 1. The van der Waals surface area contributed by atoms with Gasteiger partial charge in [-0.05, 0) is 60.2 Å². The molecule has 3 aromatic rings. The number of hydrogen-bond donors (Lipinski definition) is 0. The fraction of sp³-hybridized carbons (Fsp3) is 0.143. The molecule has 0 saturated heterocycles. The summed E-state index contributed by atoms with van der Waals surface area (Å²) in [5, 5.41) is 0. The summed E-state index contributed by atoms with van der Waals surface area (Å²) in [6.45, 7) is 8.34. The van der Waals surface area contributed by atoms with Crippen LogP contribution in [-0.2, 0) is 11.8 Å². The maximum atomic E-state index is 5.49. The van der Waals surface area contributed by atoms with Gasteiger partial charge in [0.25, 0.3) is 0 Å². The van der Waals surface area contributed by atoms with Gasteiger partial charge in [-0.2, -0.15) is 0 Å². The summed E-state index contributed by atoms with van der Waals surface area (Å²) >= 11 is 0. The van der Waals surface area contributed by atoms with Gasteiger partial charge < -0.3 is 4.74 Å². The fourth-order valence-electron chi connectivity index (χ4n) is 4.52. The Morgan fingerprint density at radius 2 is 1.31 bits per heavy atom. The molecule has 0 saturated carbocycles. The van der Waals surface area contributed by atoms with Crippen molar-refractivity contribution in [2.45, 2.75) is 25.7 Å². The van der Waals surface area contributed by atoms with Crippen LogP contribution in [0.1, 0.15) is 30.5 Å². The monoisotopic (exact) mass is 472 g/mol. The molecule has 3 aromatic carbocycles. The van der Waals surface area contributed by atoms with Crippen LogP contribution in [0.2, 0.25) is 0 Å². The molecule has 36 heavy (non-hydrogen) atoms. The van der Waals surface area contributed by atoms with E-state index in [0.717, 1.165) is 28.9 Å². The van der Waals surface area contributed by atoms with Gasteiger partial charge in [-0.1, -0.05) is 134 Å². The molecule has 0 amide bonds. The minimum absolute atomic E-state index is 0.582. The van der Waals surface area contributed by atoms with Gasteiger partial charge in [0, 0.05) is 0 Å². The number of allylic oxidation sites excluding steroid dienone is 11. The molecular formula is C35H36O. The molecule has 0 radical (unpaired) electrons. The first kappa shape index (κ1) is 26.5. The second kappa shape index (κ2) is 13.7. The second-order valence-electron chi connectivity index (χ2n) is 8.44. The Balaban J connectivity index is 2.35. The van der Waals surface area contributed by atoms with E-state index in [4.69, 9.17) is 4.74 Å². The predicted octanol–water partition coefficient (Wildman–Crippen LogP) is 8.97. The molecule has 1 heteroatoms. The van der Waals surface area contributed by atoms with Crippen molar-refractivity contribution < 1.29 is 4.74 Å². The van der Waals surface area contributed by atoms with Crippen molar-refractivity contribution >= 4 is 0 Å². The topological polar surface area (TPSA) is 9.23 Å². The second-order valence-corrected chi connectivity index (χ2v) is 8.44. The lowest BCUT2D eigenvalue weighted by atomic mass is 9.63. The number of methoxy groups -OCH3 is 1. The first-order valence-electron chi connectivity index (χ1n) is 12.4. The third kappa shape index (κ3) is 6.12. The van der Waals surface area contributed by atoms with E-state index in [-0.39, 0.29) is 0 Å². The van der Waals surface area contributed by atoms with Crippen molar-refractivity contribution in [1.82, 2.24) is 0 Å². The molecule has 182 valence electrons. The number of rotatable bonds is 11. The van der Waals surface area contributed by atoms with E-state index in [1.807, 2.05) is 38.1 Å². The van der Waals surface area contributed by atoms with Gasteiger partial charge >= 0.3 is 0 Å². The van der Waals surface area contributed by atoms with Crippen LogP contribution >= 0.6 is 0 Å². The first-order chi connectivity index (χ1) is 17.7. The van der Waals surface area contributed by atoms with E-state index >= 15 is 0 Å². The van der Waals surface area contributed by atoms with Crippen LogP contribution in [0, 0.1) is 0 Å². The molecule has 3 rings (SSSR count). The van der Waals surface area contributed by atoms with Gasteiger partial charge in [-0.25, -0.2) is 0 Å². The Morgan fingerprint density at radius 1 is 0.750 bits per heavy atom. The maximum Gasteiger partial charge on any atom is 0.118 e. The molecule has 1 nitrogen and oxygen atoms in total. The van der Waals surface area contributed by atoms with Crippen LogP contribution in [0.4, 0.5) is 0 Å². The van der Waals surface area contributed by atoms with Gasteiger partial charge in [-0.3, -0.25) is 0 Å². The molecule has 0 aromatic heterocycles. The van der Waals surface area contributed by atoms with Crippen LogP contribution in [0.5, 0.6) is 5.75 Å². The van der Waals surface area contributed by atoms with Crippen LogP contribution in [0.3, 0.4) is 0 Å². The minimum Gasteiger partial charge on any atom is -0.497 e. The summed E-state index contributed by atoms with van der Waals surface area (Å²) in [6, 6.07) is 29.6. The molecule has 0 aliphatic carbocycles. The molecule has 0 bridgehead atoms. The largest absolute Gasteiger partial charge is 0.497 e. The quantitative estimate of drug-likeness (QED) is 0.253. The Morgan fingerprint density at radius 3 is 1.86 bits per heavy atom. The van der Waals surface area contributed by atoms with Crippen molar-refractivity contribution in [3.8, 4) is 5.75 Å². The van der Waals surface area contributed by atoms with Gasteiger partial charge in [-0.15, -0.1) is 0 Å². The smallest absolute Gasteiger partial charge is 0.118 e. The van der Waals surface area contributed by atoms with Crippen molar-refractivity contribution in [3.63, 3.8) is 0 Å². The van der Waals surface area contributed by atoms with Crippen molar-refractivity contribution in [3.05, 3.63) is 174 Å². The lowest BCUT2D eigenvalue weighted by Crippen LogP contribution is -2.32. The zero-order chi connectivity index (χ0) is 25.6.